The standard InChI is InChI=1S/C21H14/c1-13-11-12-15-7-3-9-17-16-8-2-5-14-6-4-10-18(20(14)16)19(13)21(15)17/h2-12H,1H3. The van der Waals surface area contributed by atoms with Crippen molar-refractivity contribution < 1.29 is 0 Å². The first-order chi connectivity index (χ1) is 10.3. The molecule has 0 N–H and O–H groups in total. The van der Waals surface area contributed by atoms with E-state index in [0.717, 1.165) is 0 Å². The third-order valence-electron chi connectivity index (χ3n) is 4.72. The molecule has 0 heterocycles. The summed E-state index contributed by atoms with van der Waals surface area (Å²) < 4.78 is 0. The number of fused-ring (bicyclic) bond motifs is 2. The SMILES string of the molecule is Cc1ccc2cccc3c4cccc5cccc(c1c23)c54. The molecule has 0 nitrogen and oxygen atoms in total. The molecule has 0 amide bonds. The lowest BCUT2D eigenvalue weighted by Crippen LogP contribution is -1.88. The minimum atomic E-state index is 1.33. The van der Waals surface area contributed by atoms with Crippen LogP contribution in [0.15, 0.2) is 66.7 Å². The predicted octanol–water partition coefficient (Wildman–Crippen LogP) is 6.05. The Morgan fingerprint density at radius 3 is 1.76 bits per heavy atom. The van der Waals surface area contributed by atoms with E-state index in [0.29, 0.717) is 0 Å². The largest absolute Gasteiger partial charge is 0.0610 e. The molecule has 0 fully saturated rings. The van der Waals surface area contributed by atoms with Gasteiger partial charge in [-0.05, 0) is 55.6 Å². The highest BCUT2D eigenvalue weighted by Gasteiger charge is 2.13. The van der Waals surface area contributed by atoms with E-state index in [1.807, 2.05) is 0 Å². The molecule has 5 rings (SSSR count). The lowest BCUT2D eigenvalue weighted by atomic mass is 9.88. The Morgan fingerprint density at radius 2 is 1.05 bits per heavy atom. The van der Waals surface area contributed by atoms with Crippen molar-refractivity contribution in [3.8, 4) is 0 Å². The van der Waals surface area contributed by atoms with Gasteiger partial charge in [-0.2, -0.15) is 0 Å². The summed E-state index contributed by atoms with van der Waals surface area (Å²) in [5, 5.41) is 11.0. The highest BCUT2D eigenvalue weighted by atomic mass is 14.2. The first kappa shape index (κ1) is 11.1. The van der Waals surface area contributed by atoms with Crippen LogP contribution >= 0.6 is 0 Å². The molecule has 5 aromatic rings. The molecule has 0 spiro atoms. The fraction of sp³-hybridized carbons (Fsp3) is 0.0476. The molecule has 98 valence electrons. The highest BCUT2D eigenvalue weighted by molar-refractivity contribution is 6.33. The van der Waals surface area contributed by atoms with Crippen molar-refractivity contribution in [2.24, 2.45) is 0 Å². The van der Waals surface area contributed by atoms with Gasteiger partial charge in [0.2, 0.25) is 0 Å². The average molecular weight is 266 g/mol. The second-order valence-electron chi connectivity index (χ2n) is 5.87. The van der Waals surface area contributed by atoms with Crippen LogP contribution in [0.4, 0.5) is 0 Å². The lowest BCUT2D eigenvalue weighted by Gasteiger charge is -2.15. The quantitative estimate of drug-likeness (QED) is 0.236. The van der Waals surface area contributed by atoms with Gasteiger partial charge in [-0.1, -0.05) is 66.7 Å². The van der Waals surface area contributed by atoms with Crippen molar-refractivity contribution in [1.82, 2.24) is 0 Å². The van der Waals surface area contributed by atoms with E-state index in [-0.39, 0.29) is 0 Å². The van der Waals surface area contributed by atoms with Crippen molar-refractivity contribution in [2.45, 2.75) is 6.92 Å². The monoisotopic (exact) mass is 266 g/mol. The normalized spacial score (nSPS) is 12.0. The van der Waals surface area contributed by atoms with Gasteiger partial charge in [-0.15, -0.1) is 0 Å². The van der Waals surface area contributed by atoms with Crippen LogP contribution in [-0.4, -0.2) is 0 Å². The summed E-state index contributed by atoms with van der Waals surface area (Å²) in [6.45, 7) is 2.22. The van der Waals surface area contributed by atoms with Crippen molar-refractivity contribution in [2.75, 3.05) is 0 Å². The zero-order valence-electron chi connectivity index (χ0n) is 11.9. The fourth-order valence-corrected chi connectivity index (χ4v) is 3.83. The summed E-state index contributed by atoms with van der Waals surface area (Å²) in [6, 6.07) is 24.4. The van der Waals surface area contributed by atoms with Gasteiger partial charge in [-0.3, -0.25) is 0 Å². The predicted molar refractivity (Wildman–Crippen MR) is 92.4 cm³/mol. The molecule has 21 heavy (non-hydrogen) atoms. The van der Waals surface area contributed by atoms with Gasteiger partial charge >= 0.3 is 0 Å². The van der Waals surface area contributed by atoms with Crippen molar-refractivity contribution in [3.05, 3.63) is 72.3 Å². The van der Waals surface area contributed by atoms with Gasteiger partial charge < -0.3 is 0 Å². The Labute approximate surface area is 123 Å². The minimum absolute atomic E-state index is 1.33. The van der Waals surface area contributed by atoms with E-state index in [9.17, 15) is 0 Å². The number of hydrogen-bond acceptors (Lipinski definition) is 0. The third-order valence-corrected chi connectivity index (χ3v) is 4.72. The molecule has 0 aliphatic carbocycles. The highest BCUT2D eigenvalue weighted by Crippen LogP contribution is 2.41. The van der Waals surface area contributed by atoms with Gasteiger partial charge in [0, 0.05) is 0 Å². The van der Waals surface area contributed by atoms with Crippen LogP contribution in [0, 0.1) is 6.92 Å². The summed E-state index contributed by atoms with van der Waals surface area (Å²) in [6.07, 6.45) is 0. The summed E-state index contributed by atoms with van der Waals surface area (Å²) >= 11 is 0. The van der Waals surface area contributed by atoms with Crippen molar-refractivity contribution >= 4 is 43.1 Å². The van der Waals surface area contributed by atoms with E-state index >= 15 is 0 Å². The fourth-order valence-electron chi connectivity index (χ4n) is 3.83. The Hall–Kier alpha value is -2.60. The summed E-state index contributed by atoms with van der Waals surface area (Å²) in [7, 11) is 0. The van der Waals surface area contributed by atoms with Crippen LogP contribution in [-0.2, 0) is 0 Å². The maximum atomic E-state index is 2.27. The Bertz CT molecular complexity index is 1130. The van der Waals surface area contributed by atoms with Gasteiger partial charge in [-0.25, -0.2) is 0 Å². The van der Waals surface area contributed by atoms with Gasteiger partial charge in [0.05, 0.1) is 0 Å². The first-order valence-electron chi connectivity index (χ1n) is 7.39. The number of benzene rings is 5. The third kappa shape index (κ3) is 1.30. The Balaban J connectivity index is 2.32. The average Bonchev–Trinajstić information content (AvgIpc) is 2.53. The van der Waals surface area contributed by atoms with Crippen LogP contribution < -0.4 is 0 Å². The molecular weight excluding hydrogens is 252 g/mol. The zero-order chi connectivity index (χ0) is 14.0. The second-order valence-corrected chi connectivity index (χ2v) is 5.87. The molecule has 0 saturated heterocycles. The number of hydrogen-bond donors (Lipinski definition) is 0. The molecule has 0 unspecified atom stereocenters. The molecule has 0 saturated carbocycles. The molecule has 0 heteroatoms. The zero-order valence-corrected chi connectivity index (χ0v) is 11.9. The van der Waals surface area contributed by atoms with Crippen LogP contribution in [0.25, 0.3) is 43.1 Å². The van der Waals surface area contributed by atoms with E-state index in [4.69, 9.17) is 0 Å². The number of aryl methyl sites for hydroxylation is 1. The molecule has 0 aliphatic heterocycles. The Morgan fingerprint density at radius 1 is 0.476 bits per heavy atom. The molecule has 5 aromatic carbocycles. The van der Waals surface area contributed by atoms with Crippen molar-refractivity contribution in [3.63, 3.8) is 0 Å². The van der Waals surface area contributed by atoms with E-state index in [1.165, 1.54) is 48.7 Å². The molecule has 0 aliphatic rings. The van der Waals surface area contributed by atoms with Crippen LogP contribution in [0.2, 0.25) is 0 Å². The van der Waals surface area contributed by atoms with E-state index in [2.05, 4.69) is 73.7 Å². The lowest BCUT2D eigenvalue weighted by molar-refractivity contribution is 1.56. The van der Waals surface area contributed by atoms with E-state index in [1.54, 1.807) is 0 Å². The first-order valence-corrected chi connectivity index (χ1v) is 7.39. The maximum absolute atomic E-state index is 2.27. The van der Waals surface area contributed by atoms with Crippen LogP contribution in [0.1, 0.15) is 5.56 Å². The molecule has 0 aromatic heterocycles. The summed E-state index contributed by atoms with van der Waals surface area (Å²) in [5.74, 6) is 0. The van der Waals surface area contributed by atoms with E-state index < -0.39 is 0 Å². The topological polar surface area (TPSA) is 0 Å². The smallest absolute Gasteiger partial charge is 0.00237 e. The molecule has 0 atom stereocenters. The number of rotatable bonds is 0. The summed E-state index contributed by atoms with van der Waals surface area (Å²) in [4.78, 5) is 0. The van der Waals surface area contributed by atoms with Crippen molar-refractivity contribution in [1.29, 1.82) is 0 Å². The second kappa shape index (κ2) is 3.73. The van der Waals surface area contributed by atoms with Gasteiger partial charge in [0.1, 0.15) is 0 Å². The van der Waals surface area contributed by atoms with Crippen LogP contribution in [0.5, 0.6) is 0 Å². The minimum Gasteiger partial charge on any atom is -0.0610 e. The maximum Gasteiger partial charge on any atom is -0.00237 e. The van der Waals surface area contributed by atoms with Crippen LogP contribution in [0.3, 0.4) is 0 Å². The Kier molecular flexibility index (Phi) is 1.97. The van der Waals surface area contributed by atoms with Gasteiger partial charge in [0.15, 0.2) is 0 Å². The molecular formula is C21H14. The molecule has 0 bridgehead atoms. The van der Waals surface area contributed by atoms with Gasteiger partial charge in [0.25, 0.3) is 0 Å². The summed E-state index contributed by atoms with van der Waals surface area (Å²) in [5.41, 5.74) is 1.36. The molecule has 0 radical (unpaired) electrons.